The van der Waals surface area contributed by atoms with Gasteiger partial charge < -0.3 is 20.9 Å². The summed E-state index contributed by atoms with van der Waals surface area (Å²) in [5.41, 5.74) is 7.85. The molecule has 0 saturated carbocycles. The van der Waals surface area contributed by atoms with Gasteiger partial charge in [0, 0.05) is 14.2 Å². The number of hydrogen-bond acceptors (Lipinski definition) is 6. The first kappa shape index (κ1) is 14.5. The Bertz CT molecular complexity index is 288. The highest BCUT2D eigenvalue weighted by molar-refractivity contribution is 5.86. The molecule has 0 saturated heterocycles. The molecule has 8 nitrogen and oxygen atoms in total. The van der Waals surface area contributed by atoms with E-state index in [0.29, 0.717) is 0 Å². The minimum Gasteiger partial charge on any atom is -0.383 e. The first-order chi connectivity index (χ1) is 7.22. The molecule has 0 aromatic heterocycles. The number of azo groups is 1. The maximum Gasteiger partial charge on any atom is 0.233 e. The molecule has 6 N–H and O–H groups in total. The van der Waals surface area contributed by atoms with Crippen LogP contribution in [0.25, 0.3) is 0 Å². The molecule has 0 spiro atoms. The number of rotatable bonds is 6. The lowest BCUT2D eigenvalue weighted by Gasteiger charge is -2.24. The third-order valence-electron chi connectivity index (χ3n) is 2.23. The second-order valence-corrected chi connectivity index (χ2v) is 3.40. The molecule has 0 radical (unpaired) electrons. The molecule has 0 aliphatic carbocycles. The number of ether oxygens (including phenoxy) is 2. The number of nitrogens with two attached hydrogens (primary N) is 2. The van der Waals surface area contributed by atoms with E-state index in [9.17, 15) is 0 Å². The Morgan fingerprint density at radius 2 is 1.19 bits per heavy atom. The molecule has 2 atom stereocenters. The summed E-state index contributed by atoms with van der Waals surface area (Å²) in [6.07, 6.45) is 0. The molecule has 8 heteroatoms. The summed E-state index contributed by atoms with van der Waals surface area (Å²) in [4.78, 5) is 0. The molecule has 0 rings (SSSR count). The summed E-state index contributed by atoms with van der Waals surface area (Å²) < 4.78 is 9.88. The minimum atomic E-state index is -1.38. The predicted octanol–water partition coefficient (Wildman–Crippen LogP) is 0.0357. The lowest BCUT2D eigenvalue weighted by Crippen LogP contribution is -2.43. The zero-order valence-corrected chi connectivity index (χ0v) is 9.87. The van der Waals surface area contributed by atoms with Crippen molar-refractivity contribution in [3.8, 4) is 0 Å². The monoisotopic (exact) mass is 230 g/mol. The van der Waals surface area contributed by atoms with Crippen molar-refractivity contribution in [1.29, 1.82) is 10.8 Å². The number of methoxy groups -OCH3 is 2. The largest absolute Gasteiger partial charge is 0.383 e. The van der Waals surface area contributed by atoms with Gasteiger partial charge in [0.2, 0.25) is 11.4 Å². The van der Waals surface area contributed by atoms with Gasteiger partial charge in [-0.25, -0.2) is 0 Å². The quantitative estimate of drug-likeness (QED) is 0.290. The van der Waals surface area contributed by atoms with Gasteiger partial charge in [-0.2, -0.15) is 0 Å². The van der Waals surface area contributed by atoms with Crippen LogP contribution in [0.3, 0.4) is 0 Å². The van der Waals surface area contributed by atoms with E-state index in [-0.39, 0.29) is 11.7 Å². The van der Waals surface area contributed by atoms with Crippen molar-refractivity contribution in [3.05, 3.63) is 0 Å². The van der Waals surface area contributed by atoms with Crippen molar-refractivity contribution >= 4 is 11.7 Å². The van der Waals surface area contributed by atoms with Crippen molar-refractivity contribution in [2.45, 2.75) is 25.3 Å². The van der Waals surface area contributed by atoms with Crippen LogP contribution in [-0.2, 0) is 9.47 Å². The highest BCUT2D eigenvalue weighted by Crippen LogP contribution is 2.17. The first-order valence-corrected chi connectivity index (χ1v) is 4.45. The van der Waals surface area contributed by atoms with Crippen LogP contribution >= 0.6 is 0 Å². The summed E-state index contributed by atoms with van der Waals surface area (Å²) in [5, 5.41) is 22.1. The molecule has 2 unspecified atom stereocenters. The average Bonchev–Trinajstić information content (AvgIpc) is 2.24. The average molecular weight is 230 g/mol. The molecule has 0 aliphatic heterocycles. The van der Waals surface area contributed by atoms with Gasteiger partial charge in [0.1, 0.15) is 11.7 Å². The topological polar surface area (TPSA) is 143 Å². The second-order valence-electron chi connectivity index (χ2n) is 3.40. The zero-order chi connectivity index (χ0) is 13.0. The molecule has 0 fully saturated rings. The Morgan fingerprint density at radius 3 is 1.31 bits per heavy atom. The third kappa shape index (κ3) is 2.97. The fourth-order valence-electron chi connectivity index (χ4n) is 0.600. The van der Waals surface area contributed by atoms with Gasteiger partial charge in [0.05, 0.1) is 0 Å². The van der Waals surface area contributed by atoms with Gasteiger partial charge in [-0.1, -0.05) is 0 Å². The smallest absolute Gasteiger partial charge is 0.233 e. The summed E-state index contributed by atoms with van der Waals surface area (Å²) in [5.74, 6) is -0.610. The van der Waals surface area contributed by atoms with Crippen LogP contribution in [0.2, 0.25) is 0 Å². The molecule has 92 valence electrons. The van der Waals surface area contributed by atoms with Crippen molar-refractivity contribution < 1.29 is 9.47 Å². The van der Waals surface area contributed by atoms with Gasteiger partial charge in [-0.15, -0.1) is 10.2 Å². The van der Waals surface area contributed by atoms with E-state index in [0.717, 1.165) is 0 Å². The number of nitrogens with zero attached hydrogens (tertiary/aromatic N) is 2. The summed E-state index contributed by atoms with van der Waals surface area (Å²) >= 11 is 0. The second kappa shape index (κ2) is 4.99. The standard InChI is InChI=1S/C8H18N6O2/c1-7(15-3,5(9)10)13-14-8(2,16-4)6(11)12/h1-4H3,(H3,9,10)(H3,11,12). The van der Waals surface area contributed by atoms with Crippen LogP contribution in [-0.4, -0.2) is 37.3 Å². The lowest BCUT2D eigenvalue weighted by molar-refractivity contribution is 0.0347. The van der Waals surface area contributed by atoms with Gasteiger partial charge in [0.25, 0.3) is 0 Å². The van der Waals surface area contributed by atoms with E-state index >= 15 is 0 Å². The van der Waals surface area contributed by atoms with Crippen molar-refractivity contribution in [2.24, 2.45) is 21.7 Å². The predicted molar refractivity (Wildman–Crippen MR) is 59.5 cm³/mol. The SMILES string of the molecule is COC(C)(N=NC(C)(OC)C(=N)N)C(=N)N. The van der Waals surface area contributed by atoms with E-state index in [4.69, 9.17) is 31.8 Å². The summed E-state index contributed by atoms with van der Waals surface area (Å²) in [6, 6.07) is 0. The molecule has 0 heterocycles. The van der Waals surface area contributed by atoms with E-state index in [1.165, 1.54) is 28.1 Å². The van der Waals surface area contributed by atoms with Crippen LogP contribution in [0.4, 0.5) is 0 Å². The molecule has 0 aromatic carbocycles. The summed E-state index contributed by atoms with van der Waals surface area (Å²) in [7, 11) is 2.69. The normalized spacial score (nSPS) is 19.0. The van der Waals surface area contributed by atoms with Crippen LogP contribution in [0, 0.1) is 10.8 Å². The Morgan fingerprint density at radius 1 is 0.938 bits per heavy atom. The van der Waals surface area contributed by atoms with Gasteiger partial charge in [0.15, 0.2) is 0 Å². The molecule has 0 amide bonds. The lowest BCUT2D eigenvalue weighted by atomic mass is 10.2. The number of hydrogen-bond donors (Lipinski definition) is 4. The molecule has 16 heavy (non-hydrogen) atoms. The van der Waals surface area contributed by atoms with E-state index in [2.05, 4.69) is 10.2 Å². The van der Waals surface area contributed by atoms with Gasteiger partial charge in [-0.3, -0.25) is 10.8 Å². The molecular weight excluding hydrogens is 212 g/mol. The van der Waals surface area contributed by atoms with Crippen molar-refractivity contribution in [2.75, 3.05) is 14.2 Å². The Hall–Kier alpha value is -1.54. The van der Waals surface area contributed by atoms with Crippen LogP contribution in [0.1, 0.15) is 13.8 Å². The van der Waals surface area contributed by atoms with Gasteiger partial charge in [-0.05, 0) is 13.8 Å². The highest BCUT2D eigenvalue weighted by Gasteiger charge is 2.32. The Balaban J connectivity index is 5.07. The van der Waals surface area contributed by atoms with Crippen LogP contribution < -0.4 is 11.5 Å². The maximum atomic E-state index is 7.29. The number of nitrogens with one attached hydrogen (secondary N) is 2. The minimum absolute atomic E-state index is 0.305. The number of amidine groups is 2. The summed E-state index contributed by atoms with van der Waals surface area (Å²) in [6.45, 7) is 2.93. The van der Waals surface area contributed by atoms with Crippen LogP contribution in [0.5, 0.6) is 0 Å². The maximum absolute atomic E-state index is 7.29. The van der Waals surface area contributed by atoms with E-state index < -0.39 is 11.4 Å². The Labute approximate surface area is 94.0 Å². The molecule has 0 aliphatic rings. The molecule has 0 bridgehead atoms. The van der Waals surface area contributed by atoms with Crippen molar-refractivity contribution in [3.63, 3.8) is 0 Å². The van der Waals surface area contributed by atoms with Gasteiger partial charge >= 0.3 is 0 Å². The molecule has 0 aromatic rings. The Kier molecular flexibility index (Phi) is 4.51. The fraction of sp³-hybridized carbons (Fsp3) is 0.750. The highest BCUT2D eigenvalue weighted by atomic mass is 16.5. The van der Waals surface area contributed by atoms with E-state index in [1.807, 2.05) is 0 Å². The van der Waals surface area contributed by atoms with E-state index in [1.54, 1.807) is 0 Å². The molecular formula is C8H18N6O2. The first-order valence-electron chi connectivity index (χ1n) is 4.45. The van der Waals surface area contributed by atoms with Crippen molar-refractivity contribution in [1.82, 2.24) is 0 Å². The third-order valence-corrected chi connectivity index (χ3v) is 2.23. The van der Waals surface area contributed by atoms with Crippen LogP contribution in [0.15, 0.2) is 10.2 Å². The zero-order valence-electron chi connectivity index (χ0n) is 9.87. The fourth-order valence-corrected chi connectivity index (χ4v) is 0.600.